The number of carbonyl (C=O) groups is 1. The highest BCUT2D eigenvalue weighted by Crippen LogP contribution is 2.29. The summed E-state index contributed by atoms with van der Waals surface area (Å²) in [5.41, 5.74) is 4.67. The molecule has 0 spiro atoms. The quantitative estimate of drug-likeness (QED) is 0.411. The molecule has 0 fully saturated rings. The molecule has 0 saturated carbocycles. The molecule has 0 unspecified atom stereocenters. The maximum atomic E-state index is 12.4. The number of nitrogens with zero attached hydrogens (tertiary/aromatic N) is 1. The Morgan fingerprint density at radius 1 is 1.00 bits per heavy atom. The van der Waals surface area contributed by atoms with Gasteiger partial charge < -0.3 is 10.3 Å². The zero-order chi connectivity index (χ0) is 22.7. The van der Waals surface area contributed by atoms with Crippen molar-refractivity contribution in [3.8, 4) is 11.1 Å². The van der Waals surface area contributed by atoms with Crippen molar-refractivity contribution in [2.75, 3.05) is 12.4 Å². The first-order chi connectivity index (χ1) is 15.4. The summed E-state index contributed by atoms with van der Waals surface area (Å²) in [5.74, 6) is 0.570. The monoisotopic (exact) mass is 446 g/mol. The molecule has 7 nitrogen and oxygen atoms in total. The van der Waals surface area contributed by atoms with Crippen LogP contribution in [0, 0.1) is 0 Å². The van der Waals surface area contributed by atoms with Crippen LogP contribution in [0.2, 0.25) is 0 Å². The number of sulfonamides is 1. The van der Waals surface area contributed by atoms with Gasteiger partial charge in [-0.2, -0.15) is 0 Å². The number of rotatable bonds is 6. The maximum Gasteiger partial charge on any atom is 0.240 e. The molecule has 8 heteroatoms. The van der Waals surface area contributed by atoms with Gasteiger partial charge in [-0.25, -0.2) is 18.1 Å². The van der Waals surface area contributed by atoms with Crippen molar-refractivity contribution in [3.05, 3.63) is 78.1 Å². The van der Waals surface area contributed by atoms with Crippen molar-refractivity contribution in [2.24, 2.45) is 0 Å². The molecule has 0 aliphatic rings. The maximum absolute atomic E-state index is 12.4. The number of benzene rings is 3. The standard InChI is InChI=1S/C24H22N4O3S/c1-16(29)26-19-11-7-17(8-12-19)9-14-24-27-21-13-10-18(15-22(21)28-24)20-5-3-4-6-23(20)32(30,31)25-2/h3-15,25H,1-2H3,(H,26,29)(H,27,28). The van der Waals surface area contributed by atoms with Crippen LogP contribution in [0.25, 0.3) is 34.3 Å². The molecule has 0 aliphatic heterocycles. The summed E-state index contributed by atoms with van der Waals surface area (Å²) >= 11 is 0. The number of carbonyl (C=O) groups excluding carboxylic acids is 1. The zero-order valence-corrected chi connectivity index (χ0v) is 18.4. The number of aromatic amines is 1. The summed E-state index contributed by atoms with van der Waals surface area (Å²) in [5, 5.41) is 2.74. The van der Waals surface area contributed by atoms with Gasteiger partial charge in [-0.15, -0.1) is 0 Å². The first-order valence-corrected chi connectivity index (χ1v) is 11.4. The van der Waals surface area contributed by atoms with Crippen LogP contribution in [0.1, 0.15) is 18.3 Å². The smallest absolute Gasteiger partial charge is 0.240 e. The van der Waals surface area contributed by atoms with Gasteiger partial charge in [0.25, 0.3) is 0 Å². The average molecular weight is 447 g/mol. The lowest BCUT2D eigenvalue weighted by molar-refractivity contribution is -0.114. The zero-order valence-electron chi connectivity index (χ0n) is 17.6. The molecule has 1 heterocycles. The van der Waals surface area contributed by atoms with E-state index in [9.17, 15) is 13.2 Å². The number of hydrogen-bond donors (Lipinski definition) is 3. The van der Waals surface area contributed by atoms with Crippen molar-refractivity contribution in [3.63, 3.8) is 0 Å². The van der Waals surface area contributed by atoms with Gasteiger partial charge in [-0.05, 0) is 54.6 Å². The molecule has 3 N–H and O–H groups in total. The van der Waals surface area contributed by atoms with Crippen LogP contribution in [-0.4, -0.2) is 31.3 Å². The second-order valence-corrected chi connectivity index (χ2v) is 9.05. The van der Waals surface area contributed by atoms with E-state index < -0.39 is 10.0 Å². The third-order valence-electron chi connectivity index (χ3n) is 4.92. The fourth-order valence-corrected chi connectivity index (χ4v) is 4.33. The van der Waals surface area contributed by atoms with Gasteiger partial charge in [-0.1, -0.05) is 42.5 Å². The van der Waals surface area contributed by atoms with Gasteiger partial charge in [0.15, 0.2) is 0 Å². The molecule has 1 amide bonds. The van der Waals surface area contributed by atoms with E-state index in [1.807, 2.05) is 60.7 Å². The Kier molecular flexibility index (Phi) is 5.89. The molecule has 32 heavy (non-hydrogen) atoms. The number of fused-ring (bicyclic) bond motifs is 1. The van der Waals surface area contributed by atoms with Gasteiger partial charge in [-0.3, -0.25) is 4.79 Å². The van der Waals surface area contributed by atoms with E-state index in [0.717, 1.165) is 27.8 Å². The molecule has 0 bridgehead atoms. The van der Waals surface area contributed by atoms with E-state index >= 15 is 0 Å². The Hall–Kier alpha value is -3.75. The van der Waals surface area contributed by atoms with Crippen LogP contribution < -0.4 is 10.0 Å². The fraction of sp³-hybridized carbons (Fsp3) is 0.0833. The Morgan fingerprint density at radius 3 is 2.47 bits per heavy atom. The summed E-state index contributed by atoms with van der Waals surface area (Å²) in [6.45, 7) is 1.47. The summed E-state index contributed by atoms with van der Waals surface area (Å²) in [6, 6.07) is 20.0. The molecule has 0 saturated heterocycles. The molecule has 0 aliphatic carbocycles. The van der Waals surface area contributed by atoms with Gasteiger partial charge in [0.1, 0.15) is 5.82 Å². The normalized spacial score (nSPS) is 11.8. The summed E-state index contributed by atoms with van der Waals surface area (Å²) < 4.78 is 27.2. The predicted octanol–water partition coefficient (Wildman–Crippen LogP) is 4.27. The molecular weight excluding hydrogens is 424 g/mol. The minimum atomic E-state index is -3.59. The van der Waals surface area contributed by atoms with Crippen LogP contribution in [0.3, 0.4) is 0 Å². The van der Waals surface area contributed by atoms with E-state index in [0.29, 0.717) is 11.4 Å². The summed E-state index contributed by atoms with van der Waals surface area (Å²) in [7, 11) is -2.19. The van der Waals surface area contributed by atoms with Crippen LogP contribution >= 0.6 is 0 Å². The van der Waals surface area contributed by atoms with Crippen molar-refractivity contribution in [1.29, 1.82) is 0 Å². The second-order valence-electron chi connectivity index (χ2n) is 7.19. The number of imidazole rings is 1. The number of aromatic nitrogens is 2. The van der Waals surface area contributed by atoms with Crippen LogP contribution in [0.5, 0.6) is 0 Å². The number of amides is 1. The minimum absolute atomic E-state index is 0.110. The first kappa shape index (κ1) is 21.5. The average Bonchev–Trinajstić information content (AvgIpc) is 3.20. The van der Waals surface area contributed by atoms with Gasteiger partial charge in [0.2, 0.25) is 15.9 Å². The Morgan fingerprint density at radius 2 is 1.75 bits per heavy atom. The third kappa shape index (κ3) is 4.61. The van der Waals surface area contributed by atoms with E-state index in [-0.39, 0.29) is 10.8 Å². The van der Waals surface area contributed by atoms with E-state index in [2.05, 4.69) is 20.0 Å². The highest BCUT2D eigenvalue weighted by molar-refractivity contribution is 7.89. The largest absolute Gasteiger partial charge is 0.338 e. The SMILES string of the molecule is CNS(=O)(=O)c1ccccc1-c1ccc2[nH]c(C=Cc3ccc(NC(C)=O)cc3)nc2c1. The molecule has 0 radical (unpaired) electrons. The van der Waals surface area contributed by atoms with Gasteiger partial charge in [0.05, 0.1) is 15.9 Å². The molecule has 162 valence electrons. The molecule has 1 aromatic heterocycles. The molecular formula is C24H22N4O3S. The number of nitrogens with one attached hydrogen (secondary N) is 3. The van der Waals surface area contributed by atoms with E-state index in [1.165, 1.54) is 14.0 Å². The Labute approximate surface area is 186 Å². The second kappa shape index (κ2) is 8.78. The Balaban J connectivity index is 1.62. The lowest BCUT2D eigenvalue weighted by atomic mass is 10.1. The number of anilines is 1. The minimum Gasteiger partial charge on any atom is -0.338 e. The van der Waals surface area contributed by atoms with Crippen molar-refractivity contribution >= 4 is 44.8 Å². The number of H-pyrrole nitrogens is 1. The first-order valence-electron chi connectivity index (χ1n) is 9.94. The van der Waals surface area contributed by atoms with Crippen LogP contribution in [0.15, 0.2) is 71.6 Å². The fourth-order valence-electron chi connectivity index (χ4n) is 3.38. The van der Waals surface area contributed by atoms with Crippen molar-refractivity contribution in [2.45, 2.75) is 11.8 Å². The topological polar surface area (TPSA) is 104 Å². The number of hydrogen-bond acceptors (Lipinski definition) is 4. The molecule has 3 aromatic carbocycles. The third-order valence-corrected chi connectivity index (χ3v) is 6.39. The van der Waals surface area contributed by atoms with Crippen LogP contribution in [0.4, 0.5) is 5.69 Å². The van der Waals surface area contributed by atoms with E-state index in [1.54, 1.807) is 18.2 Å². The molecule has 4 aromatic rings. The van der Waals surface area contributed by atoms with E-state index in [4.69, 9.17) is 0 Å². The highest BCUT2D eigenvalue weighted by Gasteiger charge is 2.17. The summed E-state index contributed by atoms with van der Waals surface area (Å²) in [4.78, 5) is 19.2. The van der Waals surface area contributed by atoms with Crippen molar-refractivity contribution in [1.82, 2.24) is 14.7 Å². The van der Waals surface area contributed by atoms with Crippen LogP contribution in [-0.2, 0) is 14.8 Å². The molecule has 4 rings (SSSR count). The summed E-state index contributed by atoms with van der Waals surface area (Å²) in [6.07, 6.45) is 3.79. The van der Waals surface area contributed by atoms with Gasteiger partial charge >= 0.3 is 0 Å². The highest BCUT2D eigenvalue weighted by atomic mass is 32.2. The van der Waals surface area contributed by atoms with Crippen molar-refractivity contribution < 1.29 is 13.2 Å². The molecule has 0 atom stereocenters. The lowest BCUT2D eigenvalue weighted by Crippen LogP contribution is -2.19. The van der Waals surface area contributed by atoms with Gasteiger partial charge in [0, 0.05) is 18.2 Å². The lowest BCUT2D eigenvalue weighted by Gasteiger charge is -2.09. The predicted molar refractivity (Wildman–Crippen MR) is 127 cm³/mol. The Bertz CT molecular complexity index is 1420.